The predicted molar refractivity (Wildman–Crippen MR) is 87.2 cm³/mol. The minimum absolute atomic E-state index is 0.101. The van der Waals surface area contributed by atoms with E-state index in [9.17, 15) is 8.42 Å². The fourth-order valence-corrected chi connectivity index (χ4v) is 2.92. The lowest BCUT2D eigenvalue weighted by atomic mass is 10.1. The molecule has 0 spiro atoms. The molecule has 3 heterocycles. The number of anilines is 1. The monoisotopic (exact) mass is 372 g/mol. The Kier molecular flexibility index (Phi) is 4.97. The summed E-state index contributed by atoms with van der Waals surface area (Å²) in [7, 11) is -3.49. The third kappa shape index (κ3) is 4.40. The molecule has 0 bridgehead atoms. The van der Waals surface area contributed by atoms with Gasteiger partial charge in [-0.15, -0.1) is 0 Å². The van der Waals surface area contributed by atoms with Gasteiger partial charge in [0.2, 0.25) is 5.95 Å². The largest absolute Gasteiger partial charge is 0.341 e. The maximum Gasteiger partial charge on any atom is 0.264 e. The van der Waals surface area contributed by atoms with E-state index in [0.29, 0.717) is 16.7 Å². The Bertz CT molecular complexity index is 786. The average molecular weight is 373 g/mol. The maximum absolute atomic E-state index is 11.0. The van der Waals surface area contributed by atoms with Crippen LogP contribution in [-0.2, 0) is 20.9 Å². The minimum atomic E-state index is -3.49. The Morgan fingerprint density at radius 3 is 2.54 bits per heavy atom. The van der Waals surface area contributed by atoms with Gasteiger partial charge in [0.05, 0.1) is 35.9 Å². The van der Waals surface area contributed by atoms with Crippen LogP contribution in [0.4, 0.5) is 5.95 Å². The second-order valence-corrected chi connectivity index (χ2v) is 7.62. The van der Waals surface area contributed by atoms with Crippen LogP contribution in [0, 0.1) is 0 Å². The Hall–Kier alpha value is -1.78. The van der Waals surface area contributed by atoms with E-state index in [1.807, 2.05) is 0 Å². The average Bonchev–Trinajstić information content (AvgIpc) is 3.02. The molecule has 0 atom stereocenters. The highest BCUT2D eigenvalue weighted by atomic mass is 35.5. The standard InChI is InChI=1S/C13H17ClN6O3S/c1-24(21,22)23-9-11-8-17-20(18-11)12-2-4-19(5-3-12)13-15-6-10(14)7-16-13/h6-8,12H,2-5,9H2,1H3. The summed E-state index contributed by atoms with van der Waals surface area (Å²) in [4.78, 5) is 12.2. The van der Waals surface area contributed by atoms with Crippen LogP contribution in [0.1, 0.15) is 24.6 Å². The number of halogens is 1. The van der Waals surface area contributed by atoms with Crippen LogP contribution in [0.2, 0.25) is 5.02 Å². The van der Waals surface area contributed by atoms with Gasteiger partial charge in [0.1, 0.15) is 12.3 Å². The molecule has 0 radical (unpaired) electrons. The summed E-state index contributed by atoms with van der Waals surface area (Å²) in [6, 6.07) is 0.153. The van der Waals surface area contributed by atoms with Crippen molar-refractivity contribution >= 4 is 27.7 Å². The van der Waals surface area contributed by atoms with Gasteiger partial charge in [-0.1, -0.05) is 11.6 Å². The lowest BCUT2D eigenvalue weighted by molar-refractivity contribution is 0.297. The van der Waals surface area contributed by atoms with E-state index in [1.54, 1.807) is 17.2 Å². The van der Waals surface area contributed by atoms with E-state index >= 15 is 0 Å². The lowest BCUT2D eigenvalue weighted by Gasteiger charge is -2.31. The molecule has 2 aromatic rings. The van der Waals surface area contributed by atoms with Crippen LogP contribution < -0.4 is 4.90 Å². The number of hydrogen-bond donors (Lipinski definition) is 0. The van der Waals surface area contributed by atoms with E-state index in [0.717, 1.165) is 32.2 Å². The molecular weight excluding hydrogens is 356 g/mol. The molecule has 0 saturated carbocycles. The van der Waals surface area contributed by atoms with Crippen LogP contribution in [-0.4, -0.2) is 52.7 Å². The van der Waals surface area contributed by atoms with Crippen LogP contribution in [0.15, 0.2) is 18.6 Å². The van der Waals surface area contributed by atoms with Crippen LogP contribution in [0.25, 0.3) is 0 Å². The fraction of sp³-hybridized carbons (Fsp3) is 0.538. The van der Waals surface area contributed by atoms with Crippen LogP contribution >= 0.6 is 11.6 Å². The summed E-state index contributed by atoms with van der Waals surface area (Å²) in [6.45, 7) is 1.46. The molecule has 0 aromatic carbocycles. The quantitative estimate of drug-likeness (QED) is 0.717. The van der Waals surface area contributed by atoms with Crippen molar-refractivity contribution in [3.8, 4) is 0 Å². The molecule has 0 N–H and O–H groups in total. The molecule has 130 valence electrons. The molecule has 2 aromatic heterocycles. The predicted octanol–water partition coefficient (Wildman–Crippen LogP) is 1.04. The van der Waals surface area contributed by atoms with Crippen molar-refractivity contribution in [3.63, 3.8) is 0 Å². The highest BCUT2D eigenvalue weighted by Gasteiger charge is 2.23. The Morgan fingerprint density at radius 2 is 1.92 bits per heavy atom. The summed E-state index contributed by atoms with van der Waals surface area (Å²) >= 11 is 5.80. The molecule has 1 fully saturated rings. The van der Waals surface area contributed by atoms with E-state index in [1.165, 1.54) is 6.20 Å². The van der Waals surface area contributed by atoms with Gasteiger partial charge < -0.3 is 4.90 Å². The van der Waals surface area contributed by atoms with E-state index < -0.39 is 10.1 Å². The smallest absolute Gasteiger partial charge is 0.264 e. The first kappa shape index (κ1) is 17.1. The van der Waals surface area contributed by atoms with Crippen molar-refractivity contribution in [2.75, 3.05) is 24.2 Å². The number of aromatic nitrogens is 5. The molecule has 0 unspecified atom stereocenters. The molecule has 0 aliphatic carbocycles. The van der Waals surface area contributed by atoms with Crippen molar-refractivity contribution in [1.82, 2.24) is 25.0 Å². The molecule has 1 saturated heterocycles. The fourth-order valence-electron chi connectivity index (χ4n) is 2.48. The van der Waals surface area contributed by atoms with Gasteiger partial charge >= 0.3 is 0 Å². The molecule has 24 heavy (non-hydrogen) atoms. The Labute approximate surface area is 144 Å². The zero-order valence-corrected chi connectivity index (χ0v) is 14.6. The first-order chi connectivity index (χ1) is 11.4. The third-order valence-corrected chi connectivity index (χ3v) is 4.40. The van der Waals surface area contributed by atoms with Crippen molar-refractivity contribution in [1.29, 1.82) is 0 Å². The topological polar surface area (TPSA) is 103 Å². The second-order valence-electron chi connectivity index (χ2n) is 5.54. The lowest BCUT2D eigenvalue weighted by Crippen LogP contribution is -2.36. The molecule has 1 aliphatic rings. The number of nitrogens with zero attached hydrogens (tertiary/aromatic N) is 6. The van der Waals surface area contributed by atoms with Gasteiger partial charge in [0.25, 0.3) is 10.1 Å². The molecular formula is C13H17ClN6O3S. The van der Waals surface area contributed by atoms with E-state index in [4.69, 9.17) is 15.8 Å². The first-order valence-electron chi connectivity index (χ1n) is 7.38. The zero-order chi connectivity index (χ0) is 17.2. The van der Waals surface area contributed by atoms with Crippen molar-refractivity contribution in [2.24, 2.45) is 0 Å². The normalized spacial score (nSPS) is 16.5. The summed E-state index contributed by atoms with van der Waals surface area (Å²) in [5.41, 5.74) is 0.490. The summed E-state index contributed by atoms with van der Waals surface area (Å²) < 4.78 is 26.7. The first-order valence-corrected chi connectivity index (χ1v) is 9.58. The van der Waals surface area contributed by atoms with Gasteiger partial charge in [-0.3, -0.25) is 4.18 Å². The second kappa shape index (κ2) is 6.99. The molecule has 3 rings (SSSR count). The minimum Gasteiger partial charge on any atom is -0.341 e. The molecule has 1 aliphatic heterocycles. The SMILES string of the molecule is CS(=O)(=O)OCc1cnn(C2CCN(c3ncc(Cl)cn3)CC2)n1. The third-order valence-electron chi connectivity index (χ3n) is 3.66. The maximum atomic E-state index is 11.0. The number of piperidine rings is 1. The molecule has 9 nitrogen and oxygen atoms in total. The summed E-state index contributed by atoms with van der Waals surface area (Å²) in [5.74, 6) is 0.661. The zero-order valence-electron chi connectivity index (χ0n) is 13.0. The van der Waals surface area contributed by atoms with Gasteiger partial charge in [-0.25, -0.2) is 9.97 Å². The summed E-state index contributed by atoms with van der Waals surface area (Å²) in [6.07, 6.45) is 7.38. The van der Waals surface area contributed by atoms with Crippen LogP contribution in [0.3, 0.4) is 0 Å². The molecule has 0 amide bonds. The Balaban J connectivity index is 1.57. The van der Waals surface area contributed by atoms with Gasteiger partial charge in [-0.05, 0) is 12.8 Å². The van der Waals surface area contributed by atoms with Crippen molar-refractivity contribution in [2.45, 2.75) is 25.5 Å². The number of rotatable bonds is 5. The van der Waals surface area contributed by atoms with Gasteiger partial charge in [0.15, 0.2) is 0 Å². The van der Waals surface area contributed by atoms with Gasteiger partial charge in [0, 0.05) is 13.1 Å². The van der Waals surface area contributed by atoms with Gasteiger partial charge in [-0.2, -0.15) is 23.4 Å². The van der Waals surface area contributed by atoms with E-state index in [2.05, 4.69) is 25.1 Å². The van der Waals surface area contributed by atoms with Crippen molar-refractivity contribution in [3.05, 3.63) is 29.3 Å². The highest BCUT2D eigenvalue weighted by molar-refractivity contribution is 7.85. The van der Waals surface area contributed by atoms with Crippen molar-refractivity contribution < 1.29 is 12.6 Å². The molecule has 11 heteroatoms. The highest BCUT2D eigenvalue weighted by Crippen LogP contribution is 2.23. The van der Waals surface area contributed by atoms with Crippen LogP contribution in [0.5, 0.6) is 0 Å². The van der Waals surface area contributed by atoms with E-state index in [-0.39, 0.29) is 12.6 Å². The summed E-state index contributed by atoms with van der Waals surface area (Å²) in [5, 5.41) is 9.02. The Morgan fingerprint density at radius 1 is 1.25 bits per heavy atom. The number of hydrogen-bond acceptors (Lipinski definition) is 8.